The fourth-order valence-electron chi connectivity index (χ4n) is 6.33. The molecule has 17 heteroatoms. The van der Waals surface area contributed by atoms with Crippen LogP contribution >= 0.6 is 47.8 Å². The lowest BCUT2D eigenvalue weighted by molar-refractivity contribution is 0.00578. The van der Waals surface area contributed by atoms with Gasteiger partial charge in [-0.15, -0.1) is 0 Å². The summed E-state index contributed by atoms with van der Waals surface area (Å²) in [6, 6.07) is 31.3. The van der Waals surface area contributed by atoms with E-state index in [1.54, 1.807) is 40.2 Å². The van der Waals surface area contributed by atoms with Crippen LogP contribution in [0.1, 0.15) is 165 Å². The molecule has 0 amide bonds. The Labute approximate surface area is 454 Å². The number of halogens is 4. The smallest absolute Gasteiger partial charge is 0.405 e. The number of carbonyl (C=O) groups excluding carboxylic acids is 1. The third kappa shape index (κ3) is 19.4. The molecule has 3 saturated heterocycles. The quantitative estimate of drug-likeness (QED) is 0.135. The molecule has 0 aliphatic carbocycles. The molecule has 394 valence electrons. The van der Waals surface area contributed by atoms with Crippen molar-refractivity contribution in [3.05, 3.63) is 133 Å². The lowest BCUT2D eigenvalue weighted by Gasteiger charge is -2.32. The maximum Gasteiger partial charge on any atom is 0.494 e. The molecule has 0 bridgehead atoms. The number of carbonyl (C=O) groups is 1. The highest BCUT2D eigenvalue weighted by molar-refractivity contribution is 9.11. The van der Waals surface area contributed by atoms with Gasteiger partial charge < -0.3 is 42.5 Å². The fraction of sp³-hybridized carbons (Fsp3) is 0.537. The normalized spacial score (nSPS) is 19.6. The summed E-state index contributed by atoms with van der Waals surface area (Å²) in [5.74, 6) is 0.104. The molecule has 3 aliphatic heterocycles. The Kier molecular flexibility index (Phi) is 26.1. The van der Waals surface area contributed by atoms with Gasteiger partial charge in [0.2, 0.25) is 0 Å². The van der Waals surface area contributed by atoms with E-state index >= 15 is 0 Å². The summed E-state index contributed by atoms with van der Waals surface area (Å²) in [6.45, 7) is 31.8. The van der Waals surface area contributed by atoms with E-state index in [2.05, 4.69) is 99.8 Å². The van der Waals surface area contributed by atoms with Crippen molar-refractivity contribution in [1.82, 2.24) is 0 Å². The van der Waals surface area contributed by atoms with Gasteiger partial charge in [-0.1, -0.05) is 116 Å². The van der Waals surface area contributed by atoms with E-state index in [1.165, 1.54) is 5.56 Å². The molecule has 0 spiro atoms. The summed E-state index contributed by atoms with van der Waals surface area (Å²) in [5, 5.41) is 9.10. The Bertz CT molecular complexity index is 2120. The molecule has 3 fully saturated rings. The predicted octanol–water partition coefficient (Wildman–Crippen LogP) is 14.5. The van der Waals surface area contributed by atoms with Crippen LogP contribution < -0.4 is 5.46 Å². The predicted molar refractivity (Wildman–Crippen MR) is 302 cm³/mol. The van der Waals surface area contributed by atoms with Gasteiger partial charge >= 0.3 is 21.1 Å². The van der Waals surface area contributed by atoms with E-state index in [4.69, 9.17) is 43.9 Å². The van der Waals surface area contributed by atoms with Crippen LogP contribution in [0.25, 0.3) is 0 Å². The van der Waals surface area contributed by atoms with Gasteiger partial charge in [-0.3, -0.25) is 9.18 Å². The summed E-state index contributed by atoms with van der Waals surface area (Å²) in [4.78, 5) is 10.7. The molecular weight excluding hydrogens is 1100 g/mol. The number of alkyl halides is 1. The van der Waals surface area contributed by atoms with Crippen LogP contribution in [-0.2, 0) is 37.4 Å². The molecule has 0 aromatic heterocycles. The number of rotatable bonds is 8. The lowest BCUT2D eigenvalue weighted by Crippen LogP contribution is -2.41. The summed E-state index contributed by atoms with van der Waals surface area (Å²) >= 11 is 9.97. The number of hydrogen-bond donors (Lipinski definition) is 1. The van der Waals surface area contributed by atoms with Gasteiger partial charge in [0.05, 0.1) is 60.4 Å². The second-order valence-corrected chi connectivity index (χ2v) is 22.8. The van der Waals surface area contributed by atoms with Crippen molar-refractivity contribution >= 4 is 80.2 Å². The zero-order chi connectivity index (χ0) is 54.3. The number of benzene rings is 4. The van der Waals surface area contributed by atoms with Gasteiger partial charge in [0.1, 0.15) is 0 Å². The van der Waals surface area contributed by atoms with Gasteiger partial charge in [0.25, 0.3) is 0 Å². The first-order valence-electron chi connectivity index (χ1n) is 23.9. The molecule has 3 atom stereocenters. The van der Waals surface area contributed by atoms with E-state index in [1.807, 2.05) is 130 Å². The van der Waals surface area contributed by atoms with Crippen molar-refractivity contribution in [3.63, 3.8) is 0 Å². The number of hydrogen-bond acceptors (Lipinski definition) is 10. The minimum Gasteiger partial charge on any atom is -0.405 e. The lowest BCUT2D eigenvalue weighted by atomic mass is 9.49. The first-order chi connectivity index (χ1) is 32.7. The van der Waals surface area contributed by atoms with E-state index in [9.17, 15) is 9.18 Å². The van der Waals surface area contributed by atoms with Gasteiger partial charge in [0.15, 0.2) is 5.78 Å². The summed E-state index contributed by atoms with van der Waals surface area (Å²) in [5.41, 5.74) is 3.08. The highest BCUT2D eigenvalue weighted by Gasteiger charge is 2.63. The molecule has 3 unspecified atom stereocenters. The van der Waals surface area contributed by atoms with Crippen LogP contribution in [0.3, 0.4) is 0 Å². The number of ketones is 1. The minimum atomic E-state index is -1.00. The number of methoxy groups -OCH3 is 2. The third-order valence-electron chi connectivity index (χ3n) is 13.3. The van der Waals surface area contributed by atoms with Crippen LogP contribution in [-0.4, -0.2) is 87.0 Å². The Morgan fingerprint density at radius 2 is 0.789 bits per heavy atom. The maximum atomic E-state index is 10.7. The summed E-state index contributed by atoms with van der Waals surface area (Å²) in [6.07, 6.45) is -0.0800. The molecule has 0 radical (unpaired) electrons. The third-order valence-corrected chi connectivity index (χ3v) is 14.9. The fourth-order valence-corrected chi connectivity index (χ4v) is 7.13. The molecule has 4 aromatic carbocycles. The molecule has 10 nitrogen and oxygen atoms in total. The summed E-state index contributed by atoms with van der Waals surface area (Å²) in [7, 11) is 1.18. The van der Waals surface area contributed by atoms with Crippen LogP contribution in [0.15, 0.2) is 110 Å². The van der Waals surface area contributed by atoms with Crippen molar-refractivity contribution in [3.8, 4) is 0 Å². The largest absolute Gasteiger partial charge is 0.494 e. The molecule has 3 aliphatic rings. The SMILES string of the molecule is C.CC(=O)c1ccc(Br)cc1.CC(O)c1ccc(Br)cc1.CC1(C)OB(B2OC(C)(C)C(C)(C)O2)OC1(C)C.COC(C)c1ccc(B2OC(C)(C)C(C)(C)O2)cc1.COC(C)c1ccc(Br)cc1.[2H]CF. The Morgan fingerprint density at radius 1 is 0.535 bits per heavy atom. The molecule has 1 N–H and O–H groups in total. The van der Waals surface area contributed by atoms with E-state index < -0.39 is 21.2 Å². The molecular formula is C54H81B3Br3FO10. The zero-order valence-corrected chi connectivity index (χ0v) is 49.3. The van der Waals surface area contributed by atoms with Gasteiger partial charge in [0, 0.05) is 33.2 Å². The maximum absolute atomic E-state index is 10.7. The highest BCUT2D eigenvalue weighted by atomic mass is 79.9. The number of Topliss-reactive ketones (excluding diaryl/α,β-unsaturated/α-hetero) is 1. The second-order valence-electron chi connectivity index (χ2n) is 20.1. The van der Waals surface area contributed by atoms with E-state index in [0.29, 0.717) is 0 Å². The Balaban J connectivity index is 0.000000454. The molecule has 0 saturated carbocycles. The average Bonchev–Trinajstić information content (AvgIpc) is 3.76. The van der Waals surface area contributed by atoms with Crippen molar-refractivity contribution in [1.29, 1.82) is 0 Å². The van der Waals surface area contributed by atoms with Gasteiger partial charge in [-0.2, -0.15) is 0 Å². The van der Waals surface area contributed by atoms with Crippen LogP contribution in [0.4, 0.5) is 4.39 Å². The minimum absolute atomic E-state index is 0. The Morgan fingerprint density at radius 3 is 1.06 bits per heavy atom. The van der Waals surface area contributed by atoms with Crippen molar-refractivity contribution in [2.24, 2.45) is 0 Å². The molecule has 3 heterocycles. The average molecular weight is 1180 g/mol. The first-order valence-corrected chi connectivity index (χ1v) is 25.6. The van der Waals surface area contributed by atoms with Crippen molar-refractivity contribution in [2.75, 3.05) is 21.4 Å². The van der Waals surface area contributed by atoms with E-state index in [0.717, 1.165) is 35.6 Å². The molecule has 7 rings (SSSR count). The Hall–Kier alpha value is -2.25. The monoisotopic (exact) mass is 1180 g/mol. The van der Waals surface area contributed by atoms with Crippen LogP contribution in [0.2, 0.25) is 0 Å². The second kappa shape index (κ2) is 28.6. The molecule has 71 heavy (non-hydrogen) atoms. The van der Waals surface area contributed by atoms with Crippen LogP contribution in [0.5, 0.6) is 0 Å². The van der Waals surface area contributed by atoms with Crippen molar-refractivity contribution < 1.29 is 53.1 Å². The number of ether oxygens (including phenoxy) is 2. The standard InChI is InChI=1S/C15H23BO3.C12H24B2O4.C9H11BrO.C8H9BrO.C8H7BrO.CH3F.CH4/c1-11(17-6)12-7-9-13(10-8-12)16-18-14(2,3)15(4,5)19-16;1-9(2)10(3,4)16-13(15-9)14-17-11(5,6)12(7,8)18-14;1-7(11-2)8-3-5-9(10)6-4-8;2*1-6(10)7-2-4-8(9)5-3-7;1-2;/h7-11H,1-6H3;1-8H3;3-7H,1-2H3;2-6,10H,1H3;2-5H,1H3;1H3;1H4/i;;;;;1D;. The topological polar surface area (TPSA) is 111 Å². The highest BCUT2D eigenvalue weighted by Crippen LogP contribution is 2.43. The zero-order valence-electron chi connectivity index (χ0n) is 45.5. The molecule has 4 aromatic rings. The van der Waals surface area contributed by atoms with E-state index in [-0.39, 0.29) is 72.2 Å². The van der Waals surface area contributed by atoms with Crippen LogP contribution in [0, 0.1) is 0 Å². The number of aliphatic hydroxyl groups is 1. The van der Waals surface area contributed by atoms with Gasteiger partial charge in [-0.05, 0) is 169 Å². The summed E-state index contributed by atoms with van der Waals surface area (Å²) < 4.78 is 65.0. The van der Waals surface area contributed by atoms with Gasteiger partial charge in [-0.25, -0.2) is 0 Å². The first kappa shape index (κ1) is 64.9. The number of aliphatic hydroxyl groups excluding tert-OH is 1. The van der Waals surface area contributed by atoms with Crippen molar-refractivity contribution in [2.45, 2.75) is 170 Å².